The number of benzene rings is 2. The summed E-state index contributed by atoms with van der Waals surface area (Å²) in [6, 6.07) is 13.4. The number of rotatable bonds is 8. The van der Waals surface area contributed by atoms with E-state index in [1.807, 2.05) is 36.6 Å². The fourth-order valence-corrected chi connectivity index (χ4v) is 3.38. The average molecular weight is 396 g/mol. The average Bonchev–Trinajstić information content (AvgIpc) is 3.14. The molecule has 1 aromatic heterocycles. The number of hydrogen-bond donors (Lipinski definition) is 0. The minimum absolute atomic E-state index is 0.189. The number of carbonyl (C=O) groups excluding carboxylic acids is 1. The first-order valence-corrected chi connectivity index (χ1v) is 9.71. The van der Waals surface area contributed by atoms with E-state index in [-0.39, 0.29) is 11.7 Å². The van der Waals surface area contributed by atoms with E-state index >= 15 is 0 Å². The van der Waals surface area contributed by atoms with Gasteiger partial charge in [0.1, 0.15) is 23.2 Å². The molecule has 0 spiro atoms. The Balaban J connectivity index is 1.64. The molecule has 0 atom stereocenters. The minimum Gasteiger partial charge on any atom is -0.486 e. The van der Waals surface area contributed by atoms with Gasteiger partial charge in [0.25, 0.3) is 5.91 Å². The Kier molecular flexibility index (Phi) is 6.55. The molecule has 2 aromatic carbocycles. The molecular formula is C22H21FN2O2S. The molecule has 0 aliphatic carbocycles. The monoisotopic (exact) mass is 396 g/mol. The molecule has 1 heterocycles. The summed E-state index contributed by atoms with van der Waals surface area (Å²) in [6.07, 6.45) is 1.66. The number of nitrogens with zero attached hydrogens (tertiary/aromatic N) is 2. The molecule has 28 heavy (non-hydrogen) atoms. The van der Waals surface area contributed by atoms with Gasteiger partial charge in [-0.25, -0.2) is 9.37 Å². The number of aryl methyl sites for hydroxylation is 1. The van der Waals surface area contributed by atoms with Gasteiger partial charge in [-0.15, -0.1) is 17.9 Å². The lowest BCUT2D eigenvalue weighted by Gasteiger charge is -2.20. The molecule has 4 nitrogen and oxygen atoms in total. The summed E-state index contributed by atoms with van der Waals surface area (Å²) >= 11 is 1.49. The van der Waals surface area contributed by atoms with Crippen molar-refractivity contribution < 1.29 is 13.9 Å². The molecule has 3 rings (SSSR count). The number of carbonyl (C=O) groups is 1. The van der Waals surface area contributed by atoms with Crippen molar-refractivity contribution in [2.75, 3.05) is 6.54 Å². The van der Waals surface area contributed by atoms with Crippen LogP contribution in [0.4, 0.5) is 4.39 Å². The van der Waals surface area contributed by atoms with Crippen LogP contribution in [0, 0.1) is 12.7 Å². The Morgan fingerprint density at radius 2 is 2.07 bits per heavy atom. The minimum atomic E-state index is -0.371. The van der Waals surface area contributed by atoms with Crippen LogP contribution < -0.4 is 4.74 Å². The van der Waals surface area contributed by atoms with Gasteiger partial charge in [-0.3, -0.25) is 4.79 Å². The van der Waals surface area contributed by atoms with Crippen LogP contribution in [0.15, 0.2) is 66.6 Å². The Bertz CT molecular complexity index is 953. The lowest BCUT2D eigenvalue weighted by atomic mass is 10.2. The summed E-state index contributed by atoms with van der Waals surface area (Å²) in [5.74, 6) is 0.242. The van der Waals surface area contributed by atoms with Gasteiger partial charge in [0, 0.05) is 17.5 Å². The van der Waals surface area contributed by atoms with Crippen molar-refractivity contribution in [1.82, 2.24) is 9.88 Å². The molecule has 0 saturated heterocycles. The van der Waals surface area contributed by atoms with Gasteiger partial charge in [-0.2, -0.15) is 0 Å². The normalized spacial score (nSPS) is 10.5. The van der Waals surface area contributed by atoms with Crippen LogP contribution >= 0.6 is 11.3 Å². The summed E-state index contributed by atoms with van der Waals surface area (Å²) in [4.78, 5) is 18.9. The first-order chi connectivity index (χ1) is 13.5. The third-order valence-corrected chi connectivity index (χ3v) is 4.90. The number of hydrogen-bond acceptors (Lipinski definition) is 4. The number of ether oxygens (including phenoxy) is 1. The second kappa shape index (κ2) is 9.28. The molecule has 144 valence electrons. The van der Waals surface area contributed by atoms with Crippen molar-refractivity contribution in [3.05, 3.63) is 94.2 Å². The van der Waals surface area contributed by atoms with Crippen molar-refractivity contribution >= 4 is 17.2 Å². The Hall–Kier alpha value is -2.99. The van der Waals surface area contributed by atoms with Gasteiger partial charge >= 0.3 is 0 Å². The zero-order valence-corrected chi connectivity index (χ0v) is 16.4. The van der Waals surface area contributed by atoms with Gasteiger partial charge in [-0.05, 0) is 48.9 Å². The van der Waals surface area contributed by atoms with E-state index in [0.29, 0.717) is 25.3 Å². The van der Waals surface area contributed by atoms with E-state index in [1.165, 1.54) is 35.6 Å². The summed E-state index contributed by atoms with van der Waals surface area (Å²) in [6.45, 7) is 6.84. The molecule has 1 amide bonds. The highest BCUT2D eigenvalue weighted by atomic mass is 32.1. The first kappa shape index (κ1) is 19.8. The lowest BCUT2D eigenvalue weighted by molar-refractivity contribution is 0.0761. The smallest absolute Gasteiger partial charge is 0.254 e. The standard InChI is InChI=1S/C22H21FN2O2S/c1-3-11-25(22(26)17-7-9-18(23)10-8-17)13-19-15-28-21(24-19)14-27-20-6-4-5-16(2)12-20/h3-10,12,15H,1,11,13-14H2,2H3. The number of halogens is 1. The highest BCUT2D eigenvalue weighted by molar-refractivity contribution is 7.09. The van der Waals surface area contributed by atoms with Crippen molar-refractivity contribution in [2.45, 2.75) is 20.1 Å². The molecular weight excluding hydrogens is 375 g/mol. The van der Waals surface area contributed by atoms with Crippen molar-refractivity contribution in [1.29, 1.82) is 0 Å². The zero-order chi connectivity index (χ0) is 19.9. The quantitative estimate of drug-likeness (QED) is 0.503. The molecule has 0 aliphatic rings. The van der Waals surface area contributed by atoms with E-state index in [9.17, 15) is 9.18 Å². The molecule has 0 bridgehead atoms. The van der Waals surface area contributed by atoms with Crippen LogP contribution in [0.2, 0.25) is 0 Å². The Labute approximate surface area is 167 Å². The summed E-state index contributed by atoms with van der Waals surface area (Å²) < 4.78 is 18.9. The highest BCUT2D eigenvalue weighted by Gasteiger charge is 2.16. The van der Waals surface area contributed by atoms with Crippen LogP contribution in [0.25, 0.3) is 0 Å². The van der Waals surface area contributed by atoms with Gasteiger partial charge in [-0.1, -0.05) is 18.2 Å². The molecule has 6 heteroatoms. The fraction of sp³-hybridized carbons (Fsp3) is 0.182. The predicted octanol–water partition coefficient (Wildman–Crippen LogP) is 5.00. The molecule has 0 N–H and O–H groups in total. The summed E-state index contributed by atoms with van der Waals surface area (Å²) in [7, 11) is 0. The van der Waals surface area contributed by atoms with E-state index < -0.39 is 0 Å². The molecule has 0 aliphatic heterocycles. The topological polar surface area (TPSA) is 42.4 Å². The molecule has 0 saturated carbocycles. The highest BCUT2D eigenvalue weighted by Crippen LogP contribution is 2.18. The zero-order valence-electron chi connectivity index (χ0n) is 15.6. The van der Waals surface area contributed by atoms with Gasteiger partial charge < -0.3 is 9.64 Å². The first-order valence-electron chi connectivity index (χ1n) is 8.83. The van der Waals surface area contributed by atoms with E-state index in [2.05, 4.69) is 11.6 Å². The molecule has 3 aromatic rings. The third-order valence-electron chi connectivity index (χ3n) is 4.03. The van der Waals surface area contributed by atoms with Crippen molar-refractivity contribution in [2.24, 2.45) is 0 Å². The molecule has 0 fully saturated rings. The van der Waals surface area contributed by atoms with E-state index in [1.54, 1.807) is 11.0 Å². The summed E-state index contributed by atoms with van der Waals surface area (Å²) in [5, 5.41) is 2.76. The largest absolute Gasteiger partial charge is 0.486 e. The van der Waals surface area contributed by atoms with Crippen molar-refractivity contribution in [3.63, 3.8) is 0 Å². The maximum absolute atomic E-state index is 13.1. The molecule has 0 unspecified atom stereocenters. The number of aromatic nitrogens is 1. The van der Waals surface area contributed by atoms with Crippen LogP contribution in [0.3, 0.4) is 0 Å². The SMILES string of the molecule is C=CCN(Cc1csc(COc2cccc(C)c2)n1)C(=O)c1ccc(F)cc1. The van der Waals surface area contributed by atoms with Crippen LogP contribution in [-0.2, 0) is 13.2 Å². The Morgan fingerprint density at radius 3 is 2.79 bits per heavy atom. The second-order valence-corrected chi connectivity index (χ2v) is 7.26. The van der Waals surface area contributed by atoms with Gasteiger partial charge in [0.2, 0.25) is 0 Å². The fourth-order valence-electron chi connectivity index (χ4n) is 2.68. The van der Waals surface area contributed by atoms with Crippen molar-refractivity contribution in [3.8, 4) is 5.75 Å². The van der Waals surface area contributed by atoms with E-state index in [0.717, 1.165) is 22.0 Å². The molecule has 0 radical (unpaired) electrons. The van der Waals surface area contributed by atoms with Crippen LogP contribution in [-0.4, -0.2) is 22.3 Å². The number of amides is 1. The second-order valence-electron chi connectivity index (χ2n) is 6.32. The Morgan fingerprint density at radius 1 is 1.29 bits per heavy atom. The maximum Gasteiger partial charge on any atom is 0.254 e. The lowest BCUT2D eigenvalue weighted by Crippen LogP contribution is -2.30. The van der Waals surface area contributed by atoms with E-state index in [4.69, 9.17) is 4.74 Å². The summed E-state index contributed by atoms with van der Waals surface area (Å²) in [5.41, 5.74) is 2.35. The maximum atomic E-state index is 13.1. The van der Waals surface area contributed by atoms with Gasteiger partial charge in [0.15, 0.2) is 0 Å². The number of thiazole rings is 1. The third kappa shape index (κ3) is 5.27. The van der Waals surface area contributed by atoms with Crippen LogP contribution in [0.1, 0.15) is 26.6 Å². The van der Waals surface area contributed by atoms with Crippen LogP contribution in [0.5, 0.6) is 5.75 Å². The van der Waals surface area contributed by atoms with Gasteiger partial charge in [0.05, 0.1) is 12.2 Å². The predicted molar refractivity (Wildman–Crippen MR) is 109 cm³/mol.